The number of hydrogen-bond donors (Lipinski definition) is 1. The zero-order valence-corrected chi connectivity index (χ0v) is 10.1. The molecule has 1 aliphatic rings. The number of nitro groups is 1. The fourth-order valence-corrected chi connectivity index (χ4v) is 2.62. The highest BCUT2D eigenvalue weighted by atomic mass is 32.2. The highest BCUT2D eigenvalue weighted by molar-refractivity contribution is 8.14. The average Bonchev–Trinajstić information content (AvgIpc) is 2.75. The molecule has 0 radical (unpaired) electrons. The average molecular weight is 266 g/mol. The lowest BCUT2D eigenvalue weighted by Crippen LogP contribution is -2.37. The number of amides is 1. The molecule has 1 aliphatic heterocycles. The Morgan fingerprint density at radius 3 is 2.78 bits per heavy atom. The van der Waals surface area contributed by atoms with Crippen LogP contribution >= 0.6 is 11.8 Å². The molecule has 1 amide bonds. The smallest absolute Gasteiger partial charge is 0.282 e. The Morgan fingerprint density at radius 2 is 2.17 bits per heavy atom. The maximum absolute atomic E-state index is 11.9. The number of nitrogens with zero attached hydrogens (tertiary/aromatic N) is 1. The number of nitro benzene ring substituents is 1. The van der Waals surface area contributed by atoms with Gasteiger partial charge in [0.1, 0.15) is 5.56 Å². The molecule has 0 saturated carbocycles. The number of carbonyl (C=O) groups excluding carboxylic acids is 2. The quantitative estimate of drug-likeness (QED) is 0.659. The maximum Gasteiger partial charge on any atom is 0.282 e. The van der Waals surface area contributed by atoms with Crippen LogP contribution in [0.25, 0.3) is 0 Å². The van der Waals surface area contributed by atoms with Crippen LogP contribution in [0.5, 0.6) is 0 Å². The van der Waals surface area contributed by atoms with Crippen LogP contribution in [-0.4, -0.2) is 27.7 Å². The van der Waals surface area contributed by atoms with Crippen LogP contribution in [0.3, 0.4) is 0 Å². The minimum absolute atomic E-state index is 0.0211. The first-order valence-electron chi connectivity index (χ1n) is 5.30. The summed E-state index contributed by atoms with van der Waals surface area (Å²) in [6.07, 6.45) is 0.565. The van der Waals surface area contributed by atoms with Gasteiger partial charge in [0.05, 0.1) is 11.0 Å². The molecule has 1 N–H and O–H groups in total. The second kappa shape index (κ2) is 5.18. The Kier molecular flexibility index (Phi) is 3.61. The fourth-order valence-electron chi connectivity index (χ4n) is 1.69. The molecular weight excluding hydrogens is 256 g/mol. The van der Waals surface area contributed by atoms with Gasteiger partial charge in [0, 0.05) is 11.8 Å². The zero-order chi connectivity index (χ0) is 13.1. The molecule has 0 aliphatic carbocycles. The van der Waals surface area contributed by atoms with Crippen LogP contribution in [0, 0.1) is 10.1 Å². The first-order valence-corrected chi connectivity index (χ1v) is 6.29. The molecule has 94 valence electrons. The predicted octanol–water partition coefficient (Wildman–Crippen LogP) is 1.36. The lowest BCUT2D eigenvalue weighted by Gasteiger charge is -2.10. The minimum Gasteiger partial charge on any atom is -0.341 e. The minimum atomic E-state index is -0.611. The van der Waals surface area contributed by atoms with E-state index >= 15 is 0 Å². The van der Waals surface area contributed by atoms with Crippen molar-refractivity contribution >= 4 is 28.5 Å². The van der Waals surface area contributed by atoms with Crippen molar-refractivity contribution in [2.75, 3.05) is 5.75 Å². The van der Waals surface area contributed by atoms with Gasteiger partial charge in [-0.05, 0) is 12.5 Å². The molecule has 2 rings (SSSR count). The molecule has 1 fully saturated rings. The first-order chi connectivity index (χ1) is 8.59. The summed E-state index contributed by atoms with van der Waals surface area (Å²) in [4.78, 5) is 33.4. The molecule has 0 spiro atoms. The van der Waals surface area contributed by atoms with Crippen molar-refractivity contribution in [2.45, 2.75) is 12.5 Å². The van der Waals surface area contributed by atoms with E-state index in [0.717, 1.165) is 0 Å². The summed E-state index contributed by atoms with van der Waals surface area (Å²) in [7, 11) is 0. The number of thioether (sulfide) groups is 1. The molecule has 0 unspecified atom stereocenters. The van der Waals surface area contributed by atoms with Gasteiger partial charge in [-0.3, -0.25) is 19.7 Å². The van der Waals surface area contributed by atoms with E-state index in [1.165, 1.54) is 30.0 Å². The second-order valence-electron chi connectivity index (χ2n) is 3.76. The molecule has 1 aromatic rings. The topological polar surface area (TPSA) is 89.3 Å². The Labute approximate surface area is 107 Å². The van der Waals surface area contributed by atoms with Crippen molar-refractivity contribution in [3.8, 4) is 0 Å². The lowest BCUT2D eigenvalue weighted by atomic mass is 10.1. The first kappa shape index (κ1) is 12.6. The Bertz CT molecular complexity index is 518. The summed E-state index contributed by atoms with van der Waals surface area (Å²) in [6, 6.07) is 5.14. The van der Waals surface area contributed by atoms with Crippen molar-refractivity contribution in [1.82, 2.24) is 5.32 Å². The fraction of sp³-hybridized carbons (Fsp3) is 0.273. The number of para-hydroxylation sites is 1. The standard InChI is InChI=1S/C11H10N2O4S/c14-10(12-8-5-6-18-11(8)15)7-3-1-2-4-9(7)13(16)17/h1-4,8H,5-6H2,(H,12,14)/t8-/m0/s1. The van der Waals surface area contributed by atoms with Gasteiger partial charge < -0.3 is 5.32 Å². The van der Waals surface area contributed by atoms with Gasteiger partial charge in [-0.2, -0.15) is 0 Å². The molecule has 1 saturated heterocycles. The third-order valence-electron chi connectivity index (χ3n) is 2.59. The molecule has 7 heteroatoms. The van der Waals surface area contributed by atoms with Gasteiger partial charge in [-0.1, -0.05) is 23.9 Å². The molecule has 0 aromatic heterocycles. The summed E-state index contributed by atoms with van der Waals surface area (Å²) in [5.74, 6) is 0.0869. The molecule has 1 atom stereocenters. The van der Waals surface area contributed by atoms with Crippen molar-refractivity contribution in [3.63, 3.8) is 0 Å². The number of benzene rings is 1. The van der Waals surface area contributed by atoms with Crippen molar-refractivity contribution in [2.24, 2.45) is 0 Å². The maximum atomic E-state index is 11.9. The highest BCUT2D eigenvalue weighted by Crippen LogP contribution is 2.22. The number of hydrogen-bond acceptors (Lipinski definition) is 5. The van der Waals surface area contributed by atoms with Crippen LogP contribution in [0.2, 0.25) is 0 Å². The zero-order valence-electron chi connectivity index (χ0n) is 9.29. The van der Waals surface area contributed by atoms with Gasteiger partial charge in [-0.15, -0.1) is 0 Å². The Morgan fingerprint density at radius 1 is 1.44 bits per heavy atom. The van der Waals surface area contributed by atoms with Crippen molar-refractivity contribution in [3.05, 3.63) is 39.9 Å². The van der Waals surface area contributed by atoms with Crippen LogP contribution < -0.4 is 5.32 Å². The highest BCUT2D eigenvalue weighted by Gasteiger charge is 2.29. The van der Waals surface area contributed by atoms with E-state index in [4.69, 9.17) is 0 Å². The monoisotopic (exact) mass is 266 g/mol. The Balaban J connectivity index is 2.18. The number of carbonyl (C=O) groups is 2. The molecular formula is C11H10N2O4S. The van der Waals surface area contributed by atoms with Gasteiger partial charge >= 0.3 is 0 Å². The number of rotatable bonds is 3. The van der Waals surface area contributed by atoms with E-state index in [-0.39, 0.29) is 16.4 Å². The normalized spacial score (nSPS) is 18.7. The van der Waals surface area contributed by atoms with Crippen molar-refractivity contribution in [1.29, 1.82) is 0 Å². The third kappa shape index (κ3) is 2.51. The summed E-state index contributed by atoms with van der Waals surface area (Å²) in [6.45, 7) is 0. The third-order valence-corrected chi connectivity index (χ3v) is 3.59. The Hall–Kier alpha value is -1.89. The van der Waals surface area contributed by atoms with E-state index in [9.17, 15) is 19.7 Å². The van der Waals surface area contributed by atoms with Crippen LogP contribution in [0.1, 0.15) is 16.8 Å². The van der Waals surface area contributed by atoms with E-state index in [0.29, 0.717) is 12.2 Å². The molecule has 1 aromatic carbocycles. The summed E-state index contributed by atoms with van der Waals surface area (Å²) in [5, 5.41) is 13.2. The van der Waals surface area contributed by atoms with Gasteiger partial charge in [0.25, 0.3) is 11.6 Å². The second-order valence-corrected chi connectivity index (χ2v) is 4.86. The number of nitrogens with one attached hydrogen (secondary N) is 1. The van der Waals surface area contributed by atoms with Crippen molar-refractivity contribution < 1.29 is 14.5 Å². The van der Waals surface area contributed by atoms with E-state index in [1.807, 2.05) is 0 Å². The lowest BCUT2D eigenvalue weighted by molar-refractivity contribution is -0.385. The summed E-state index contributed by atoms with van der Waals surface area (Å²) < 4.78 is 0. The SMILES string of the molecule is O=C(N[C@H]1CCSC1=O)c1ccccc1[N+](=O)[O-]. The predicted molar refractivity (Wildman–Crippen MR) is 66.4 cm³/mol. The van der Waals surface area contributed by atoms with Crippen LogP contribution in [0.15, 0.2) is 24.3 Å². The van der Waals surface area contributed by atoms with Crippen LogP contribution in [-0.2, 0) is 4.79 Å². The summed E-state index contributed by atoms with van der Waals surface area (Å²) >= 11 is 1.17. The van der Waals surface area contributed by atoms with Gasteiger partial charge in [0.2, 0.25) is 5.12 Å². The summed E-state index contributed by atoms with van der Waals surface area (Å²) in [5.41, 5.74) is -0.278. The molecule has 18 heavy (non-hydrogen) atoms. The van der Waals surface area contributed by atoms with Gasteiger partial charge in [0.15, 0.2) is 0 Å². The van der Waals surface area contributed by atoms with E-state index in [1.54, 1.807) is 6.07 Å². The molecule has 1 heterocycles. The van der Waals surface area contributed by atoms with E-state index in [2.05, 4.69) is 5.32 Å². The molecule has 0 bridgehead atoms. The molecule has 6 nitrogen and oxygen atoms in total. The van der Waals surface area contributed by atoms with E-state index < -0.39 is 16.9 Å². The van der Waals surface area contributed by atoms with Crippen LogP contribution in [0.4, 0.5) is 5.69 Å². The largest absolute Gasteiger partial charge is 0.341 e. The van der Waals surface area contributed by atoms with Gasteiger partial charge in [-0.25, -0.2) is 0 Å².